The molecule has 2 aliphatic carbocycles. The van der Waals surface area contributed by atoms with E-state index in [1.165, 1.54) is 110 Å². The molecule has 0 N–H and O–H groups in total. The van der Waals surface area contributed by atoms with E-state index in [9.17, 15) is 0 Å². The fourth-order valence-electron chi connectivity index (χ4n) is 13.1. The lowest BCUT2D eigenvalue weighted by molar-refractivity contribution is 0.332. The van der Waals surface area contributed by atoms with Gasteiger partial charge in [0.25, 0.3) is 6.71 Å². The smallest absolute Gasteiger partial charge is 0.252 e. The van der Waals surface area contributed by atoms with Crippen LogP contribution in [0, 0.1) is 6.92 Å². The number of anilines is 6. The number of thiophene rings is 1. The summed E-state index contributed by atoms with van der Waals surface area (Å²) in [5.41, 5.74) is 23.3. The van der Waals surface area contributed by atoms with Gasteiger partial charge < -0.3 is 9.80 Å². The van der Waals surface area contributed by atoms with Crippen LogP contribution >= 0.6 is 22.9 Å². The van der Waals surface area contributed by atoms with Gasteiger partial charge in [-0.25, -0.2) is 0 Å². The lowest BCUT2D eigenvalue weighted by atomic mass is 9.33. The average Bonchev–Trinajstić information content (AvgIpc) is 3.72. The number of hydrogen-bond donors (Lipinski definition) is 0. The molecule has 0 bridgehead atoms. The summed E-state index contributed by atoms with van der Waals surface area (Å²) >= 11 is 9.45. The van der Waals surface area contributed by atoms with Crippen LogP contribution in [0.25, 0.3) is 42.4 Å². The third kappa shape index (κ3) is 6.58. The van der Waals surface area contributed by atoms with Crippen molar-refractivity contribution in [3.8, 4) is 22.3 Å². The normalized spacial score (nSPS) is 17.7. The van der Waals surface area contributed by atoms with Crippen molar-refractivity contribution in [2.24, 2.45) is 0 Å². The first-order valence-corrected chi connectivity index (χ1v) is 26.7. The number of rotatable bonds is 4. The summed E-state index contributed by atoms with van der Waals surface area (Å²) in [5, 5.41) is 3.38. The van der Waals surface area contributed by atoms with E-state index >= 15 is 0 Å². The van der Waals surface area contributed by atoms with Crippen molar-refractivity contribution in [3.63, 3.8) is 0 Å². The Bertz CT molecular complexity index is 3670. The standard InChI is InChI=1S/C65H60BClN2S/c1-39-31-41(40-15-11-10-12-16-40)19-24-54(39)69-55-25-20-43(42-21-26-60-47(32-42)46-17-13-14-18-59(46)70-60)33-52(55)66-53-37-50-51(65(8,9)30-29-64(50,6)7)38-56(53)68(57-34-44(67)35-58(69)61(57)66)45-22-23-48-49(36-45)63(4,5)28-27-62(48,2)3/h10-26,31-38H,27-30H2,1-9H3. The molecular formula is C65H60BClN2S. The number of benzene rings is 8. The van der Waals surface area contributed by atoms with Gasteiger partial charge in [-0.15, -0.1) is 11.3 Å². The molecule has 3 heterocycles. The molecule has 0 atom stereocenters. The topological polar surface area (TPSA) is 6.48 Å². The van der Waals surface area contributed by atoms with Crippen LogP contribution in [0.4, 0.5) is 34.1 Å². The van der Waals surface area contributed by atoms with Gasteiger partial charge in [0, 0.05) is 59.3 Å². The molecule has 0 saturated carbocycles. The highest BCUT2D eigenvalue weighted by Crippen LogP contribution is 2.53. The molecule has 5 heteroatoms. The Labute approximate surface area is 424 Å². The second-order valence-corrected chi connectivity index (χ2v) is 25.2. The molecule has 70 heavy (non-hydrogen) atoms. The molecule has 0 saturated heterocycles. The first-order chi connectivity index (χ1) is 33.5. The van der Waals surface area contributed by atoms with Crippen LogP contribution in [0.3, 0.4) is 0 Å². The van der Waals surface area contributed by atoms with Gasteiger partial charge in [-0.05, 0) is 187 Å². The number of aryl methyl sites for hydroxylation is 1. The van der Waals surface area contributed by atoms with Crippen LogP contribution in [-0.4, -0.2) is 6.71 Å². The highest BCUT2D eigenvalue weighted by atomic mass is 35.5. The summed E-state index contributed by atoms with van der Waals surface area (Å²) in [6, 6.07) is 58.2. The van der Waals surface area contributed by atoms with Gasteiger partial charge in [-0.1, -0.05) is 152 Å². The highest BCUT2D eigenvalue weighted by Gasteiger charge is 2.47. The van der Waals surface area contributed by atoms with E-state index in [-0.39, 0.29) is 28.4 Å². The van der Waals surface area contributed by atoms with E-state index in [1.54, 1.807) is 0 Å². The lowest BCUT2D eigenvalue weighted by Crippen LogP contribution is -2.62. The van der Waals surface area contributed by atoms with Crippen molar-refractivity contribution in [2.45, 2.75) is 110 Å². The number of halogens is 1. The van der Waals surface area contributed by atoms with E-state index in [1.807, 2.05) is 11.3 Å². The molecule has 1 aromatic heterocycles. The van der Waals surface area contributed by atoms with Gasteiger partial charge >= 0.3 is 0 Å². The number of fused-ring (bicyclic) bond motifs is 9. The highest BCUT2D eigenvalue weighted by molar-refractivity contribution is 7.25. The Balaban J connectivity index is 1.11. The van der Waals surface area contributed by atoms with Gasteiger partial charge in [0.15, 0.2) is 0 Å². The molecule has 2 aliphatic heterocycles. The summed E-state index contributed by atoms with van der Waals surface area (Å²) in [4.78, 5) is 5.15. The summed E-state index contributed by atoms with van der Waals surface area (Å²) in [5.74, 6) is 0. The SMILES string of the molecule is Cc1cc(-c2ccccc2)ccc1N1c2ccc(-c3ccc4sc5ccccc5c4c3)cc2B2c3cc4c(cc3N(c3ccc5c(c3)C(C)(C)CCC5(C)C)c3cc(Cl)cc1c32)C(C)(C)CCC4(C)C. The van der Waals surface area contributed by atoms with Crippen LogP contribution in [0.5, 0.6) is 0 Å². The Morgan fingerprint density at radius 1 is 0.429 bits per heavy atom. The molecule has 8 aromatic carbocycles. The summed E-state index contributed by atoms with van der Waals surface area (Å²) in [6.07, 6.45) is 4.64. The number of hydrogen-bond acceptors (Lipinski definition) is 3. The predicted octanol–water partition coefficient (Wildman–Crippen LogP) is 17.1. The third-order valence-electron chi connectivity index (χ3n) is 17.4. The predicted molar refractivity (Wildman–Crippen MR) is 305 cm³/mol. The minimum Gasteiger partial charge on any atom is -0.311 e. The Morgan fingerprint density at radius 3 is 1.70 bits per heavy atom. The monoisotopic (exact) mass is 946 g/mol. The van der Waals surface area contributed by atoms with Crippen molar-refractivity contribution in [3.05, 3.63) is 184 Å². The van der Waals surface area contributed by atoms with Crippen LogP contribution < -0.4 is 26.2 Å². The molecule has 4 aliphatic rings. The second kappa shape index (κ2) is 15.2. The van der Waals surface area contributed by atoms with E-state index in [0.29, 0.717) is 0 Å². The van der Waals surface area contributed by atoms with E-state index < -0.39 is 0 Å². The summed E-state index contributed by atoms with van der Waals surface area (Å²) in [7, 11) is 0. The largest absolute Gasteiger partial charge is 0.311 e. The first-order valence-electron chi connectivity index (χ1n) is 25.5. The fraction of sp³-hybridized carbons (Fsp3) is 0.262. The minimum atomic E-state index is -0.0477. The minimum absolute atomic E-state index is 0.0234. The van der Waals surface area contributed by atoms with Crippen molar-refractivity contribution in [2.75, 3.05) is 9.80 Å². The number of nitrogens with zero attached hydrogens (tertiary/aromatic N) is 2. The molecule has 13 rings (SSSR count). The zero-order chi connectivity index (χ0) is 48.2. The molecule has 0 fully saturated rings. The van der Waals surface area contributed by atoms with Crippen LogP contribution in [0.2, 0.25) is 5.02 Å². The summed E-state index contributed by atoms with van der Waals surface area (Å²) < 4.78 is 2.65. The Hall–Kier alpha value is -6.07. The fourth-order valence-corrected chi connectivity index (χ4v) is 14.4. The Kier molecular flexibility index (Phi) is 9.55. The maximum Gasteiger partial charge on any atom is 0.252 e. The van der Waals surface area contributed by atoms with E-state index in [4.69, 9.17) is 11.6 Å². The van der Waals surface area contributed by atoms with Crippen LogP contribution in [0.1, 0.15) is 109 Å². The summed E-state index contributed by atoms with van der Waals surface area (Å²) in [6.45, 7) is 21.9. The van der Waals surface area contributed by atoms with Crippen molar-refractivity contribution in [1.82, 2.24) is 0 Å². The quantitative estimate of drug-likeness (QED) is 0.162. The first kappa shape index (κ1) is 43.9. The molecule has 0 amide bonds. The maximum atomic E-state index is 7.57. The molecule has 2 nitrogen and oxygen atoms in total. The van der Waals surface area contributed by atoms with Crippen molar-refractivity contribution >= 4 is 100 Å². The molecule has 0 unspecified atom stereocenters. The Morgan fingerprint density at radius 2 is 0.986 bits per heavy atom. The van der Waals surface area contributed by atoms with Gasteiger partial charge in [0.1, 0.15) is 0 Å². The lowest BCUT2D eigenvalue weighted by Gasteiger charge is -2.48. The zero-order valence-electron chi connectivity index (χ0n) is 42.0. The van der Waals surface area contributed by atoms with Gasteiger partial charge in [-0.2, -0.15) is 0 Å². The van der Waals surface area contributed by atoms with E-state index in [2.05, 4.69) is 224 Å². The molecular weight excluding hydrogens is 887 g/mol. The van der Waals surface area contributed by atoms with Gasteiger partial charge in [-0.3, -0.25) is 0 Å². The average molecular weight is 948 g/mol. The molecule has 9 aromatic rings. The zero-order valence-corrected chi connectivity index (χ0v) is 43.6. The molecule has 0 radical (unpaired) electrons. The molecule has 0 spiro atoms. The van der Waals surface area contributed by atoms with Crippen LogP contribution in [-0.2, 0) is 21.7 Å². The van der Waals surface area contributed by atoms with Gasteiger partial charge in [0.2, 0.25) is 0 Å². The van der Waals surface area contributed by atoms with Crippen LogP contribution in [0.15, 0.2) is 152 Å². The molecule has 346 valence electrons. The van der Waals surface area contributed by atoms with E-state index in [0.717, 1.165) is 41.3 Å². The van der Waals surface area contributed by atoms with Crippen molar-refractivity contribution < 1.29 is 0 Å². The van der Waals surface area contributed by atoms with Gasteiger partial charge in [0.05, 0.1) is 0 Å². The second-order valence-electron chi connectivity index (χ2n) is 23.6. The maximum absolute atomic E-state index is 7.57. The third-order valence-corrected chi connectivity index (χ3v) is 18.7. The van der Waals surface area contributed by atoms with Crippen molar-refractivity contribution in [1.29, 1.82) is 0 Å².